The maximum absolute atomic E-state index is 6.36. The fourth-order valence-corrected chi connectivity index (χ4v) is 2.85. The minimum Gasteiger partial charge on any atom is -0.371 e. The van der Waals surface area contributed by atoms with Gasteiger partial charge in [0.2, 0.25) is 0 Å². The molecule has 0 amide bonds. The van der Waals surface area contributed by atoms with Gasteiger partial charge in [-0.05, 0) is 43.8 Å². The quantitative estimate of drug-likeness (QED) is 0.730. The zero-order valence-corrected chi connectivity index (χ0v) is 13.9. The van der Waals surface area contributed by atoms with Gasteiger partial charge in [-0.2, -0.15) is 11.8 Å². The molecule has 1 unspecified atom stereocenters. The molecule has 0 fully saturated rings. The van der Waals surface area contributed by atoms with Crippen LogP contribution in [0.15, 0.2) is 18.2 Å². The van der Waals surface area contributed by atoms with E-state index in [4.69, 9.17) is 11.6 Å². The first-order chi connectivity index (χ1) is 9.10. The predicted octanol–water partition coefficient (Wildman–Crippen LogP) is 4.03. The molecule has 0 aliphatic carbocycles. The van der Waals surface area contributed by atoms with Gasteiger partial charge in [-0.15, -0.1) is 0 Å². The van der Waals surface area contributed by atoms with Crippen molar-refractivity contribution in [2.45, 2.75) is 32.9 Å². The third kappa shape index (κ3) is 5.25. The highest BCUT2D eigenvalue weighted by atomic mass is 35.5. The zero-order chi connectivity index (χ0) is 14.3. The van der Waals surface area contributed by atoms with E-state index in [2.05, 4.69) is 55.6 Å². The van der Waals surface area contributed by atoms with Crippen molar-refractivity contribution >= 4 is 29.1 Å². The van der Waals surface area contributed by atoms with Crippen molar-refractivity contribution in [3.05, 3.63) is 28.8 Å². The summed E-state index contributed by atoms with van der Waals surface area (Å²) in [5, 5.41) is 4.23. The minimum absolute atomic E-state index is 0.509. The molecule has 1 aromatic rings. The Morgan fingerprint density at radius 3 is 2.74 bits per heavy atom. The van der Waals surface area contributed by atoms with Gasteiger partial charge in [-0.1, -0.05) is 24.6 Å². The first-order valence-corrected chi connectivity index (χ1v) is 8.58. The van der Waals surface area contributed by atoms with E-state index in [9.17, 15) is 0 Å². The van der Waals surface area contributed by atoms with Crippen molar-refractivity contribution < 1.29 is 0 Å². The number of nitrogens with one attached hydrogen (secondary N) is 1. The Morgan fingerprint density at radius 1 is 1.42 bits per heavy atom. The first kappa shape index (κ1) is 16.7. The van der Waals surface area contributed by atoms with Crippen molar-refractivity contribution in [2.24, 2.45) is 0 Å². The molecule has 0 radical (unpaired) electrons. The van der Waals surface area contributed by atoms with Crippen LogP contribution in [0.2, 0.25) is 5.02 Å². The lowest BCUT2D eigenvalue weighted by atomic mass is 10.1. The number of hydrogen-bond donors (Lipinski definition) is 1. The van der Waals surface area contributed by atoms with E-state index < -0.39 is 0 Å². The molecule has 2 nitrogen and oxygen atoms in total. The summed E-state index contributed by atoms with van der Waals surface area (Å²) in [6.07, 6.45) is 3.28. The summed E-state index contributed by atoms with van der Waals surface area (Å²) in [5.74, 6) is 1.12. The molecule has 1 N–H and O–H groups in total. The van der Waals surface area contributed by atoms with E-state index in [1.54, 1.807) is 0 Å². The second-order valence-electron chi connectivity index (χ2n) is 4.87. The molecule has 0 aliphatic heterocycles. The largest absolute Gasteiger partial charge is 0.371 e. The van der Waals surface area contributed by atoms with Gasteiger partial charge >= 0.3 is 0 Å². The Morgan fingerprint density at radius 2 is 2.16 bits per heavy atom. The standard InChI is InChI=1S/C15H25ClN2S/c1-5-8-17-10-13-6-7-14(9-15(13)16)18(3)12(2)11-19-4/h6-7,9,12,17H,5,8,10-11H2,1-4H3. The molecule has 0 heterocycles. The summed E-state index contributed by atoms with van der Waals surface area (Å²) < 4.78 is 0. The SMILES string of the molecule is CCCNCc1ccc(N(C)C(C)CSC)cc1Cl. The highest BCUT2D eigenvalue weighted by Gasteiger charge is 2.11. The van der Waals surface area contributed by atoms with Crippen molar-refractivity contribution in [3.8, 4) is 0 Å². The Labute approximate surface area is 126 Å². The molecule has 0 bridgehead atoms. The van der Waals surface area contributed by atoms with Crippen LogP contribution < -0.4 is 10.2 Å². The zero-order valence-electron chi connectivity index (χ0n) is 12.4. The highest BCUT2D eigenvalue weighted by molar-refractivity contribution is 7.98. The molecular weight excluding hydrogens is 276 g/mol. The maximum atomic E-state index is 6.36. The van der Waals surface area contributed by atoms with E-state index in [-0.39, 0.29) is 0 Å². The fraction of sp³-hybridized carbons (Fsp3) is 0.600. The Bertz CT molecular complexity index is 384. The Hall–Kier alpha value is -0.380. The van der Waals surface area contributed by atoms with Gasteiger partial charge in [-0.25, -0.2) is 0 Å². The third-order valence-electron chi connectivity index (χ3n) is 3.26. The van der Waals surface area contributed by atoms with Crippen LogP contribution in [0.4, 0.5) is 5.69 Å². The number of benzene rings is 1. The average Bonchev–Trinajstić information content (AvgIpc) is 2.40. The molecule has 19 heavy (non-hydrogen) atoms. The number of nitrogens with zero attached hydrogens (tertiary/aromatic N) is 1. The molecule has 108 valence electrons. The van der Waals surface area contributed by atoms with Gasteiger partial charge in [0.15, 0.2) is 0 Å². The van der Waals surface area contributed by atoms with Gasteiger partial charge in [-0.3, -0.25) is 0 Å². The number of halogens is 1. The number of anilines is 1. The molecular formula is C15H25ClN2S. The number of rotatable bonds is 8. The maximum Gasteiger partial charge on any atom is 0.0471 e. The van der Waals surface area contributed by atoms with E-state index in [0.29, 0.717) is 6.04 Å². The van der Waals surface area contributed by atoms with Crippen molar-refractivity contribution in [1.82, 2.24) is 5.32 Å². The summed E-state index contributed by atoms with van der Waals surface area (Å²) in [5.41, 5.74) is 2.36. The van der Waals surface area contributed by atoms with Crippen LogP contribution >= 0.6 is 23.4 Å². The molecule has 4 heteroatoms. The molecule has 0 saturated heterocycles. The van der Waals surface area contributed by atoms with E-state index in [0.717, 1.165) is 30.3 Å². The highest BCUT2D eigenvalue weighted by Crippen LogP contribution is 2.24. The van der Waals surface area contributed by atoms with Crippen molar-refractivity contribution in [1.29, 1.82) is 0 Å². The lowest BCUT2D eigenvalue weighted by Crippen LogP contribution is -2.30. The topological polar surface area (TPSA) is 15.3 Å². The molecule has 1 rings (SSSR count). The van der Waals surface area contributed by atoms with E-state index in [1.165, 1.54) is 11.3 Å². The smallest absolute Gasteiger partial charge is 0.0471 e. The van der Waals surface area contributed by atoms with Crippen LogP contribution in [-0.4, -0.2) is 31.6 Å². The lowest BCUT2D eigenvalue weighted by molar-refractivity contribution is 0.675. The molecule has 0 aromatic heterocycles. The fourth-order valence-electron chi connectivity index (χ4n) is 1.91. The molecule has 0 aliphatic rings. The summed E-state index contributed by atoms with van der Waals surface area (Å²) in [6.45, 7) is 6.28. The summed E-state index contributed by atoms with van der Waals surface area (Å²) in [4.78, 5) is 2.28. The summed E-state index contributed by atoms with van der Waals surface area (Å²) in [6, 6.07) is 6.87. The van der Waals surface area contributed by atoms with Crippen LogP contribution in [0.3, 0.4) is 0 Å². The van der Waals surface area contributed by atoms with Gasteiger partial charge in [0, 0.05) is 36.1 Å². The van der Waals surface area contributed by atoms with Crippen molar-refractivity contribution in [3.63, 3.8) is 0 Å². The van der Waals surface area contributed by atoms with Gasteiger partial charge in [0.1, 0.15) is 0 Å². The third-order valence-corrected chi connectivity index (χ3v) is 4.42. The lowest BCUT2D eigenvalue weighted by Gasteiger charge is -2.27. The molecule has 1 atom stereocenters. The van der Waals surface area contributed by atoms with E-state index in [1.807, 2.05) is 11.8 Å². The van der Waals surface area contributed by atoms with Crippen LogP contribution in [0.5, 0.6) is 0 Å². The van der Waals surface area contributed by atoms with Gasteiger partial charge < -0.3 is 10.2 Å². The van der Waals surface area contributed by atoms with E-state index >= 15 is 0 Å². The average molecular weight is 301 g/mol. The van der Waals surface area contributed by atoms with Gasteiger partial charge in [0.25, 0.3) is 0 Å². The van der Waals surface area contributed by atoms with Gasteiger partial charge in [0.05, 0.1) is 0 Å². The van der Waals surface area contributed by atoms with Crippen LogP contribution in [0, 0.1) is 0 Å². The normalized spacial score (nSPS) is 12.5. The van der Waals surface area contributed by atoms with Crippen LogP contribution in [0.25, 0.3) is 0 Å². The van der Waals surface area contributed by atoms with Crippen molar-refractivity contribution in [2.75, 3.05) is 30.5 Å². The van der Waals surface area contributed by atoms with Crippen LogP contribution in [0.1, 0.15) is 25.8 Å². The molecule has 1 aromatic carbocycles. The van der Waals surface area contributed by atoms with Crippen LogP contribution in [-0.2, 0) is 6.54 Å². The minimum atomic E-state index is 0.509. The summed E-state index contributed by atoms with van der Waals surface area (Å²) >= 11 is 8.23. The second kappa shape index (κ2) is 8.72. The Balaban J connectivity index is 2.70. The monoisotopic (exact) mass is 300 g/mol. The predicted molar refractivity (Wildman–Crippen MR) is 89.7 cm³/mol. The first-order valence-electron chi connectivity index (χ1n) is 6.81. The number of hydrogen-bond acceptors (Lipinski definition) is 3. The Kier molecular flexibility index (Phi) is 7.66. The molecule has 0 saturated carbocycles. The summed E-state index contributed by atoms with van der Waals surface area (Å²) in [7, 11) is 2.13. The second-order valence-corrected chi connectivity index (χ2v) is 6.19. The number of thioether (sulfide) groups is 1. The molecule has 0 spiro atoms.